The molecule has 0 spiro atoms. The van der Waals surface area contributed by atoms with Crippen molar-refractivity contribution in [3.63, 3.8) is 0 Å². The second-order valence-corrected chi connectivity index (χ2v) is 5.23. The molecule has 98 valence electrons. The fourth-order valence-electron chi connectivity index (χ4n) is 2.90. The number of benzene rings is 2. The highest BCUT2D eigenvalue weighted by atomic mass is 19.1. The highest BCUT2D eigenvalue weighted by Gasteiger charge is 2.35. The van der Waals surface area contributed by atoms with E-state index < -0.39 is 17.2 Å². The molecule has 2 aromatic carbocycles. The second-order valence-electron chi connectivity index (χ2n) is 5.23. The van der Waals surface area contributed by atoms with E-state index in [4.69, 9.17) is 5.73 Å². The molecule has 2 N–H and O–H groups in total. The molecule has 0 heterocycles. The Morgan fingerprint density at radius 1 is 1.11 bits per heavy atom. The normalized spacial score (nSPS) is 21.4. The van der Waals surface area contributed by atoms with Crippen LogP contribution in [0.2, 0.25) is 0 Å². The summed E-state index contributed by atoms with van der Waals surface area (Å²) in [4.78, 5) is 0. The van der Waals surface area contributed by atoms with Crippen molar-refractivity contribution in [1.29, 1.82) is 0 Å². The highest BCUT2D eigenvalue weighted by molar-refractivity contribution is 5.40. The van der Waals surface area contributed by atoms with Crippen LogP contribution in [0.5, 0.6) is 0 Å². The number of hydrogen-bond acceptors (Lipinski definition) is 1. The molecule has 0 aromatic heterocycles. The van der Waals surface area contributed by atoms with Crippen molar-refractivity contribution in [2.45, 2.75) is 24.8 Å². The van der Waals surface area contributed by atoms with Gasteiger partial charge in [0.15, 0.2) is 0 Å². The first kappa shape index (κ1) is 12.3. The molecule has 1 aliphatic rings. The number of rotatable bonds is 2. The van der Waals surface area contributed by atoms with Gasteiger partial charge in [-0.25, -0.2) is 8.78 Å². The summed E-state index contributed by atoms with van der Waals surface area (Å²) in [7, 11) is 0. The van der Waals surface area contributed by atoms with Crippen LogP contribution in [-0.2, 0) is 18.4 Å². The van der Waals surface area contributed by atoms with E-state index in [0.29, 0.717) is 12.0 Å². The summed E-state index contributed by atoms with van der Waals surface area (Å²) in [5.74, 6) is -1.08. The first-order valence-corrected chi connectivity index (χ1v) is 6.40. The standard InChI is InChI=1S/C16H15F2N/c17-13-6-5-12(15(18)9-13)10-16(19)8-7-11-3-1-2-4-14(11)16/h1-6,9H,7-8,10,19H2. The Hall–Kier alpha value is -1.74. The number of hydrogen-bond donors (Lipinski definition) is 1. The minimum absolute atomic E-state index is 0.399. The summed E-state index contributed by atoms with van der Waals surface area (Å²) in [6.07, 6.45) is 2.11. The minimum Gasteiger partial charge on any atom is -0.321 e. The zero-order valence-electron chi connectivity index (χ0n) is 10.5. The Morgan fingerprint density at radius 2 is 1.89 bits per heavy atom. The van der Waals surface area contributed by atoms with Gasteiger partial charge in [0.1, 0.15) is 11.6 Å². The van der Waals surface area contributed by atoms with Crippen molar-refractivity contribution >= 4 is 0 Å². The van der Waals surface area contributed by atoms with Crippen LogP contribution in [0.4, 0.5) is 8.78 Å². The van der Waals surface area contributed by atoms with Crippen LogP contribution in [0.3, 0.4) is 0 Å². The van der Waals surface area contributed by atoms with Gasteiger partial charge in [0.25, 0.3) is 0 Å². The molecule has 1 unspecified atom stereocenters. The van der Waals surface area contributed by atoms with E-state index in [9.17, 15) is 8.78 Å². The van der Waals surface area contributed by atoms with Crippen molar-refractivity contribution in [2.75, 3.05) is 0 Å². The summed E-state index contributed by atoms with van der Waals surface area (Å²) >= 11 is 0. The lowest BCUT2D eigenvalue weighted by molar-refractivity contribution is 0.428. The van der Waals surface area contributed by atoms with Crippen molar-refractivity contribution in [1.82, 2.24) is 0 Å². The molecule has 19 heavy (non-hydrogen) atoms. The molecule has 0 saturated carbocycles. The number of halogens is 2. The minimum atomic E-state index is -0.556. The van der Waals surface area contributed by atoms with Crippen LogP contribution in [-0.4, -0.2) is 0 Å². The Kier molecular flexibility index (Phi) is 2.86. The lowest BCUT2D eigenvalue weighted by Crippen LogP contribution is -2.36. The fraction of sp³-hybridized carbons (Fsp3) is 0.250. The summed E-state index contributed by atoms with van der Waals surface area (Å²) in [6.45, 7) is 0. The molecule has 1 atom stereocenters. The van der Waals surface area contributed by atoms with Gasteiger partial charge in [0.2, 0.25) is 0 Å². The first-order chi connectivity index (χ1) is 9.08. The van der Waals surface area contributed by atoms with Gasteiger partial charge in [0, 0.05) is 11.6 Å². The van der Waals surface area contributed by atoms with E-state index in [2.05, 4.69) is 6.07 Å². The van der Waals surface area contributed by atoms with E-state index in [1.54, 1.807) is 0 Å². The maximum Gasteiger partial charge on any atom is 0.129 e. The van der Waals surface area contributed by atoms with E-state index >= 15 is 0 Å². The molecule has 0 aliphatic heterocycles. The third kappa shape index (κ3) is 2.15. The summed E-state index contributed by atoms with van der Waals surface area (Å²) < 4.78 is 26.7. The monoisotopic (exact) mass is 259 g/mol. The molecular formula is C16H15F2N. The van der Waals surface area contributed by atoms with E-state index in [-0.39, 0.29) is 0 Å². The van der Waals surface area contributed by atoms with Gasteiger partial charge in [-0.3, -0.25) is 0 Å². The van der Waals surface area contributed by atoms with Gasteiger partial charge < -0.3 is 5.73 Å². The van der Waals surface area contributed by atoms with Gasteiger partial charge in [-0.1, -0.05) is 30.3 Å². The van der Waals surface area contributed by atoms with Crippen molar-refractivity contribution < 1.29 is 8.78 Å². The number of aryl methyl sites for hydroxylation is 1. The SMILES string of the molecule is NC1(Cc2ccc(F)cc2F)CCc2ccccc21. The molecule has 3 heteroatoms. The van der Waals surface area contributed by atoms with Crippen LogP contribution in [0.1, 0.15) is 23.1 Å². The molecular weight excluding hydrogens is 244 g/mol. The Balaban J connectivity index is 1.95. The summed E-state index contributed by atoms with van der Waals surface area (Å²) in [5.41, 5.74) is 8.69. The maximum atomic E-state index is 13.8. The first-order valence-electron chi connectivity index (χ1n) is 6.40. The largest absolute Gasteiger partial charge is 0.321 e. The van der Waals surface area contributed by atoms with Gasteiger partial charge in [-0.05, 0) is 42.0 Å². The average Bonchev–Trinajstić information content (AvgIpc) is 2.72. The van der Waals surface area contributed by atoms with Gasteiger partial charge >= 0.3 is 0 Å². The molecule has 1 nitrogen and oxygen atoms in total. The van der Waals surface area contributed by atoms with Crippen LogP contribution in [0, 0.1) is 11.6 Å². The molecule has 0 amide bonds. The molecule has 0 fully saturated rings. The van der Waals surface area contributed by atoms with Gasteiger partial charge in [0.05, 0.1) is 0 Å². The molecule has 0 bridgehead atoms. The Morgan fingerprint density at radius 3 is 2.68 bits per heavy atom. The topological polar surface area (TPSA) is 26.0 Å². The molecule has 3 rings (SSSR count). The smallest absolute Gasteiger partial charge is 0.129 e. The Bertz CT molecular complexity index is 624. The second kappa shape index (κ2) is 4.42. The van der Waals surface area contributed by atoms with Crippen molar-refractivity contribution in [3.05, 3.63) is 70.8 Å². The lowest BCUT2D eigenvalue weighted by atomic mass is 9.86. The van der Waals surface area contributed by atoms with E-state index in [1.807, 2.05) is 18.2 Å². The van der Waals surface area contributed by atoms with Crippen LogP contribution < -0.4 is 5.73 Å². The zero-order chi connectivity index (χ0) is 13.5. The third-order valence-corrected chi connectivity index (χ3v) is 3.92. The zero-order valence-corrected chi connectivity index (χ0v) is 10.5. The number of fused-ring (bicyclic) bond motifs is 1. The molecule has 0 saturated heterocycles. The Labute approximate surface area is 111 Å². The average molecular weight is 259 g/mol. The molecule has 2 aromatic rings. The van der Waals surface area contributed by atoms with E-state index in [1.165, 1.54) is 17.7 Å². The highest BCUT2D eigenvalue weighted by Crippen LogP contribution is 2.37. The van der Waals surface area contributed by atoms with E-state index in [0.717, 1.165) is 24.5 Å². The summed E-state index contributed by atoms with van der Waals surface area (Å²) in [6, 6.07) is 11.7. The fourth-order valence-corrected chi connectivity index (χ4v) is 2.90. The summed E-state index contributed by atoms with van der Waals surface area (Å²) in [5, 5.41) is 0. The van der Waals surface area contributed by atoms with Crippen molar-refractivity contribution in [3.8, 4) is 0 Å². The maximum absolute atomic E-state index is 13.8. The third-order valence-electron chi connectivity index (χ3n) is 3.92. The van der Waals surface area contributed by atoms with Crippen molar-refractivity contribution in [2.24, 2.45) is 5.73 Å². The van der Waals surface area contributed by atoms with Crippen LogP contribution in [0.25, 0.3) is 0 Å². The molecule has 0 radical (unpaired) electrons. The van der Waals surface area contributed by atoms with Gasteiger partial charge in [-0.2, -0.15) is 0 Å². The lowest BCUT2D eigenvalue weighted by Gasteiger charge is -2.26. The molecule has 1 aliphatic carbocycles. The number of nitrogens with two attached hydrogens (primary N) is 1. The van der Waals surface area contributed by atoms with Crippen LogP contribution in [0.15, 0.2) is 42.5 Å². The van der Waals surface area contributed by atoms with Gasteiger partial charge in [-0.15, -0.1) is 0 Å². The van der Waals surface area contributed by atoms with Crippen LogP contribution >= 0.6 is 0 Å². The predicted molar refractivity (Wildman–Crippen MR) is 70.7 cm³/mol. The quantitative estimate of drug-likeness (QED) is 0.879. The predicted octanol–water partition coefficient (Wildman–Crippen LogP) is 3.31.